The molecule has 1 fully saturated rings. The van der Waals surface area contributed by atoms with E-state index in [-0.39, 0.29) is 15.8 Å². The number of halogens is 3. The monoisotopic (exact) mass is 450 g/mol. The average Bonchev–Trinajstić information content (AvgIpc) is 3.20. The lowest BCUT2D eigenvalue weighted by molar-refractivity contribution is -0.274. The van der Waals surface area contributed by atoms with Crippen LogP contribution in [-0.2, 0) is 23.3 Å². The van der Waals surface area contributed by atoms with E-state index in [9.17, 15) is 21.6 Å². The highest BCUT2D eigenvalue weighted by Gasteiger charge is 2.37. The highest BCUT2D eigenvalue weighted by atomic mass is 32.2. The molecule has 9 heteroatoms. The van der Waals surface area contributed by atoms with Crippen LogP contribution < -0.4 is 10.1 Å². The molecule has 0 amide bonds. The molecule has 31 heavy (non-hydrogen) atoms. The summed E-state index contributed by atoms with van der Waals surface area (Å²) in [6.45, 7) is 1.86. The summed E-state index contributed by atoms with van der Waals surface area (Å²) in [7, 11) is -2.03. The van der Waals surface area contributed by atoms with Gasteiger partial charge in [0.1, 0.15) is 5.75 Å². The van der Waals surface area contributed by atoms with Crippen molar-refractivity contribution in [3.8, 4) is 5.75 Å². The van der Waals surface area contributed by atoms with Gasteiger partial charge in [0.05, 0.1) is 15.3 Å². The van der Waals surface area contributed by atoms with Crippen LogP contribution in [0.4, 0.5) is 13.2 Å². The molecule has 2 aliphatic rings. The molecule has 5 rings (SSSR count). The van der Waals surface area contributed by atoms with Crippen molar-refractivity contribution in [3.63, 3.8) is 0 Å². The number of hydrogen-bond acceptors (Lipinski definition) is 4. The third kappa shape index (κ3) is 3.30. The number of sulfone groups is 1. The molecule has 2 aliphatic heterocycles. The molecule has 164 valence electrons. The number of rotatable bonds is 3. The van der Waals surface area contributed by atoms with Gasteiger partial charge < -0.3 is 14.6 Å². The summed E-state index contributed by atoms with van der Waals surface area (Å²) in [6, 6.07) is 8.40. The summed E-state index contributed by atoms with van der Waals surface area (Å²) < 4.78 is 70.4. The van der Waals surface area contributed by atoms with Crippen LogP contribution in [0.25, 0.3) is 10.9 Å². The van der Waals surface area contributed by atoms with Crippen molar-refractivity contribution in [2.24, 2.45) is 7.05 Å². The van der Waals surface area contributed by atoms with E-state index < -0.39 is 21.9 Å². The highest BCUT2D eigenvalue weighted by Crippen LogP contribution is 2.43. The minimum Gasteiger partial charge on any atom is -0.406 e. The van der Waals surface area contributed by atoms with Gasteiger partial charge in [0.2, 0.25) is 9.84 Å². The first-order valence-electron chi connectivity index (χ1n) is 10.0. The van der Waals surface area contributed by atoms with Gasteiger partial charge in [0.15, 0.2) is 0 Å². The second-order valence-electron chi connectivity index (χ2n) is 8.28. The smallest absolute Gasteiger partial charge is 0.406 e. The van der Waals surface area contributed by atoms with Gasteiger partial charge in [-0.3, -0.25) is 0 Å². The van der Waals surface area contributed by atoms with E-state index in [2.05, 4.69) is 14.6 Å². The van der Waals surface area contributed by atoms with E-state index >= 15 is 0 Å². The molecule has 1 N–H and O–H groups in total. The van der Waals surface area contributed by atoms with Gasteiger partial charge in [-0.2, -0.15) is 0 Å². The summed E-state index contributed by atoms with van der Waals surface area (Å²) in [5, 5.41) is 4.49. The van der Waals surface area contributed by atoms with E-state index in [0.717, 1.165) is 53.4 Å². The number of benzene rings is 2. The summed E-state index contributed by atoms with van der Waals surface area (Å²) in [4.78, 5) is -0.174. The second kappa shape index (κ2) is 6.74. The first-order valence-corrected chi connectivity index (χ1v) is 11.5. The van der Waals surface area contributed by atoms with Crippen LogP contribution in [0.15, 0.2) is 46.2 Å². The van der Waals surface area contributed by atoms with Gasteiger partial charge in [-0.15, -0.1) is 13.2 Å². The van der Waals surface area contributed by atoms with Crippen LogP contribution in [0.2, 0.25) is 0 Å². The number of aryl methyl sites for hydroxylation is 2. The van der Waals surface area contributed by atoms with E-state index in [0.29, 0.717) is 6.04 Å². The van der Waals surface area contributed by atoms with Crippen LogP contribution in [0.5, 0.6) is 5.75 Å². The molecule has 0 radical (unpaired) electrons. The maximum atomic E-state index is 13.3. The lowest BCUT2D eigenvalue weighted by Gasteiger charge is -2.23. The molecule has 3 heterocycles. The molecule has 2 unspecified atom stereocenters. The van der Waals surface area contributed by atoms with Crippen LogP contribution >= 0.6 is 0 Å². The van der Waals surface area contributed by atoms with E-state index in [4.69, 9.17) is 0 Å². The van der Waals surface area contributed by atoms with Gasteiger partial charge in [-0.1, -0.05) is 6.07 Å². The van der Waals surface area contributed by atoms with Gasteiger partial charge in [-0.25, -0.2) is 8.42 Å². The molecule has 0 aliphatic carbocycles. The number of fused-ring (bicyclic) bond motifs is 6. The standard InChI is InChI=1S/C22H21F3N2O3S/c1-12-8-16(31(28,29)15-5-3-4-14(10-15)30-22(23,24)25)11-17-20-18-7-6-13(26-18)9-19(20)27(2)21(12)17/h3-5,8,10-11,13,18,26H,6-7,9H2,1-2H3. The molecule has 2 bridgehead atoms. The molecular weight excluding hydrogens is 429 g/mol. The van der Waals surface area contributed by atoms with Crippen molar-refractivity contribution in [2.75, 3.05) is 0 Å². The third-order valence-corrected chi connectivity index (χ3v) is 8.03. The zero-order chi connectivity index (χ0) is 22.1. The Morgan fingerprint density at radius 3 is 2.65 bits per heavy atom. The van der Waals surface area contributed by atoms with Gasteiger partial charge >= 0.3 is 6.36 Å². The van der Waals surface area contributed by atoms with Crippen molar-refractivity contribution >= 4 is 20.7 Å². The minimum atomic E-state index is -4.90. The Hall–Kier alpha value is -2.52. The van der Waals surface area contributed by atoms with Crippen molar-refractivity contribution in [2.45, 2.75) is 54.4 Å². The molecule has 0 saturated carbocycles. The van der Waals surface area contributed by atoms with Crippen molar-refractivity contribution in [3.05, 3.63) is 53.2 Å². The zero-order valence-electron chi connectivity index (χ0n) is 17.0. The maximum Gasteiger partial charge on any atom is 0.573 e. The first kappa shape index (κ1) is 20.4. The number of alkyl halides is 3. The normalized spacial score (nSPS) is 20.8. The topological polar surface area (TPSA) is 60.3 Å². The van der Waals surface area contributed by atoms with Crippen molar-refractivity contribution < 1.29 is 26.3 Å². The number of nitrogens with one attached hydrogen (secondary N) is 1. The van der Waals surface area contributed by atoms with Gasteiger partial charge in [-0.05, 0) is 61.2 Å². The first-order chi connectivity index (χ1) is 14.5. The third-order valence-electron chi connectivity index (χ3n) is 6.30. The fourth-order valence-corrected chi connectivity index (χ4v) is 6.48. The average molecular weight is 450 g/mol. The molecule has 2 aromatic carbocycles. The maximum absolute atomic E-state index is 13.3. The number of ether oxygens (including phenoxy) is 1. The molecule has 0 spiro atoms. The predicted molar refractivity (Wildman–Crippen MR) is 109 cm³/mol. The molecule has 1 aromatic heterocycles. The Labute approximate surface area is 177 Å². The Bertz CT molecular complexity index is 1310. The number of nitrogens with zero attached hydrogens (tertiary/aromatic N) is 1. The Morgan fingerprint density at radius 2 is 1.90 bits per heavy atom. The number of aromatic nitrogens is 1. The molecule has 3 aromatic rings. The molecule has 2 atom stereocenters. The quantitative estimate of drug-likeness (QED) is 0.635. The van der Waals surface area contributed by atoms with Crippen LogP contribution in [-0.4, -0.2) is 25.4 Å². The summed E-state index contributed by atoms with van der Waals surface area (Å²) in [5.74, 6) is -0.565. The summed E-state index contributed by atoms with van der Waals surface area (Å²) in [6.07, 6.45) is -1.91. The fourth-order valence-electron chi connectivity index (χ4n) is 5.07. The lowest BCUT2D eigenvalue weighted by Crippen LogP contribution is -2.32. The largest absolute Gasteiger partial charge is 0.573 e. The molecular formula is C22H21F3N2O3S. The van der Waals surface area contributed by atoms with Crippen LogP contribution in [0.1, 0.15) is 35.7 Å². The zero-order valence-corrected chi connectivity index (χ0v) is 17.8. The summed E-state index contributed by atoms with van der Waals surface area (Å²) >= 11 is 0. The predicted octanol–water partition coefficient (Wildman–Crippen LogP) is 4.57. The Morgan fingerprint density at radius 1 is 1.13 bits per heavy atom. The van der Waals surface area contributed by atoms with Crippen LogP contribution in [0.3, 0.4) is 0 Å². The minimum absolute atomic E-state index is 0.0650. The van der Waals surface area contributed by atoms with E-state index in [1.54, 1.807) is 12.1 Å². The van der Waals surface area contributed by atoms with Crippen molar-refractivity contribution in [1.29, 1.82) is 0 Å². The summed E-state index contributed by atoms with van der Waals surface area (Å²) in [5.41, 5.74) is 4.17. The second-order valence-corrected chi connectivity index (χ2v) is 10.2. The van der Waals surface area contributed by atoms with Gasteiger partial charge in [0.25, 0.3) is 0 Å². The van der Waals surface area contributed by atoms with E-state index in [1.165, 1.54) is 17.8 Å². The Kier molecular flexibility index (Phi) is 4.43. The fraction of sp³-hybridized carbons (Fsp3) is 0.364. The van der Waals surface area contributed by atoms with Gasteiger partial charge in [0, 0.05) is 36.6 Å². The lowest BCUT2D eigenvalue weighted by atomic mass is 9.98. The SMILES string of the molecule is Cc1cc(S(=O)(=O)c2cccc(OC(F)(F)F)c2)cc2c3c(n(C)c12)CC1CCC3N1. The van der Waals surface area contributed by atoms with Crippen LogP contribution in [0, 0.1) is 6.92 Å². The Balaban J connectivity index is 1.65. The highest BCUT2D eigenvalue weighted by molar-refractivity contribution is 7.91. The number of hydrogen-bond donors (Lipinski definition) is 1. The molecule has 1 saturated heterocycles. The van der Waals surface area contributed by atoms with Crippen molar-refractivity contribution in [1.82, 2.24) is 9.88 Å². The van der Waals surface area contributed by atoms with E-state index in [1.807, 2.05) is 14.0 Å². The molecule has 5 nitrogen and oxygen atoms in total.